The Kier molecular flexibility index (Phi) is 4.52. The third kappa shape index (κ3) is 4.60. The first kappa shape index (κ1) is 14.3. The minimum Gasteiger partial charge on any atom is -0.444 e. The van der Waals surface area contributed by atoms with Crippen molar-refractivity contribution >= 4 is 17.9 Å². The Morgan fingerprint density at radius 3 is 2.72 bits per heavy atom. The van der Waals surface area contributed by atoms with E-state index in [-0.39, 0.29) is 6.54 Å². The van der Waals surface area contributed by atoms with Gasteiger partial charge < -0.3 is 20.3 Å². The summed E-state index contributed by atoms with van der Waals surface area (Å²) in [6.07, 6.45) is -0.531. The molecule has 18 heavy (non-hydrogen) atoms. The zero-order valence-electron chi connectivity index (χ0n) is 10.9. The topological polar surface area (TPSA) is 87.7 Å². The number of hydrogen-bond acceptors (Lipinski definition) is 4. The van der Waals surface area contributed by atoms with Gasteiger partial charge in [0.25, 0.3) is 0 Å². The summed E-state index contributed by atoms with van der Waals surface area (Å²) in [5, 5.41) is 4.98. The monoisotopic (exact) mass is 257 g/mol. The molecule has 0 aromatic heterocycles. The first-order valence-electron chi connectivity index (χ1n) is 5.83. The quantitative estimate of drug-likeness (QED) is 0.665. The average Bonchev–Trinajstić information content (AvgIpc) is 2.21. The zero-order chi connectivity index (χ0) is 13.8. The normalized spacial score (nSPS) is 16.3. The number of nitrogens with one attached hydrogen (secondary N) is 2. The number of nitrogens with zero attached hydrogens (tertiary/aromatic N) is 1. The molecular formula is C11H19N3O4. The van der Waals surface area contributed by atoms with Crippen LogP contribution in [0.4, 0.5) is 4.79 Å². The van der Waals surface area contributed by atoms with E-state index in [1.54, 1.807) is 20.8 Å². The van der Waals surface area contributed by atoms with E-state index < -0.39 is 23.5 Å². The Bertz CT molecular complexity index is 349. The van der Waals surface area contributed by atoms with Crippen LogP contribution >= 0.6 is 0 Å². The Balaban J connectivity index is 2.27. The summed E-state index contributed by atoms with van der Waals surface area (Å²) >= 11 is 0. The Labute approximate surface area is 106 Å². The van der Waals surface area contributed by atoms with Crippen molar-refractivity contribution in [3.63, 3.8) is 0 Å². The fourth-order valence-corrected chi connectivity index (χ4v) is 1.45. The number of alkyl carbamates (subject to hydrolysis) is 1. The second-order valence-corrected chi connectivity index (χ2v) is 4.98. The van der Waals surface area contributed by atoms with Crippen LogP contribution in [0.5, 0.6) is 0 Å². The van der Waals surface area contributed by atoms with Gasteiger partial charge in [0.15, 0.2) is 0 Å². The van der Waals surface area contributed by atoms with E-state index in [9.17, 15) is 14.4 Å². The number of piperazine rings is 1. The summed E-state index contributed by atoms with van der Waals surface area (Å²) in [6, 6.07) is 0. The van der Waals surface area contributed by atoms with E-state index in [2.05, 4.69) is 10.6 Å². The molecular weight excluding hydrogens is 238 g/mol. The largest absolute Gasteiger partial charge is 0.444 e. The highest BCUT2D eigenvalue weighted by Crippen LogP contribution is 2.06. The minimum atomic E-state index is -0.599. The fraction of sp³-hybridized carbons (Fsp3) is 0.727. The predicted molar refractivity (Wildman–Crippen MR) is 63.8 cm³/mol. The third-order valence-corrected chi connectivity index (χ3v) is 2.20. The molecule has 0 aliphatic carbocycles. The van der Waals surface area contributed by atoms with E-state index in [1.807, 2.05) is 0 Å². The molecule has 7 nitrogen and oxygen atoms in total. The number of carbonyl (C=O) groups is 3. The molecule has 1 aliphatic heterocycles. The van der Waals surface area contributed by atoms with Crippen molar-refractivity contribution in [1.82, 2.24) is 15.5 Å². The van der Waals surface area contributed by atoms with Crippen molar-refractivity contribution in [1.29, 1.82) is 0 Å². The first-order chi connectivity index (χ1) is 8.29. The number of rotatable bonds is 3. The molecule has 0 unspecified atom stereocenters. The van der Waals surface area contributed by atoms with Crippen LogP contribution in [-0.2, 0) is 14.3 Å². The van der Waals surface area contributed by atoms with Gasteiger partial charge >= 0.3 is 17.9 Å². The van der Waals surface area contributed by atoms with Crippen LogP contribution in [0.3, 0.4) is 0 Å². The highest BCUT2D eigenvalue weighted by molar-refractivity contribution is 6.35. The van der Waals surface area contributed by atoms with Crippen molar-refractivity contribution in [2.75, 3.05) is 26.2 Å². The lowest BCUT2D eigenvalue weighted by Gasteiger charge is -2.26. The Hall–Kier alpha value is -1.79. The lowest BCUT2D eigenvalue weighted by molar-refractivity contribution is -0.148. The summed E-state index contributed by atoms with van der Waals surface area (Å²) in [5.74, 6) is -1.16. The van der Waals surface area contributed by atoms with Crippen molar-refractivity contribution < 1.29 is 19.1 Å². The van der Waals surface area contributed by atoms with Crippen LogP contribution in [0.15, 0.2) is 0 Å². The second-order valence-electron chi connectivity index (χ2n) is 4.98. The summed E-state index contributed by atoms with van der Waals surface area (Å²) < 4.78 is 5.04. The SMILES string of the molecule is CC(C)(C)OC(=O)NCCN1CCNC(=O)C1=O. The maximum Gasteiger partial charge on any atom is 0.407 e. The van der Waals surface area contributed by atoms with E-state index >= 15 is 0 Å². The molecule has 2 N–H and O–H groups in total. The second kappa shape index (κ2) is 5.70. The van der Waals surface area contributed by atoms with Gasteiger partial charge in [-0.3, -0.25) is 9.59 Å². The van der Waals surface area contributed by atoms with Gasteiger partial charge in [0.05, 0.1) is 0 Å². The maximum absolute atomic E-state index is 11.4. The molecule has 3 amide bonds. The molecule has 1 fully saturated rings. The summed E-state index contributed by atoms with van der Waals surface area (Å²) in [5.41, 5.74) is -0.551. The van der Waals surface area contributed by atoms with E-state index in [0.717, 1.165) is 0 Å². The molecule has 1 heterocycles. The molecule has 1 saturated heterocycles. The number of hydrogen-bond donors (Lipinski definition) is 2. The lowest BCUT2D eigenvalue weighted by Crippen LogP contribution is -2.53. The summed E-state index contributed by atoms with van der Waals surface area (Å²) in [7, 11) is 0. The first-order valence-corrected chi connectivity index (χ1v) is 5.83. The Morgan fingerprint density at radius 2 is 2.11 bits per heavy atom. The van der Waals surface area contributed by atoms with Gasteiger partial charge in [0, 0.05) is 26.2 Å². The van der Waals surface area contributed by atoms with Crippen LogP contribution in [0.25, 0.3) is 0 Å². The summed E-state index contributed by atoms with van der Waals surface area (Å²) in [6.45, 7) is 6.76. The number of carbonyl (C=O) groups excluding carboxylic acids is 3. The van der Waals surface area contributed by atoms with Crippen molar-refractivity contribution in [2.45, 2.75) is 26.4 Å². The van der Waals surface area contributed by atoms with Gasteiger partial charge in [-0.05, 0) is 20.8 Å². The molecule has 0 aromatic carbocycles. The lowest BCUT2D eigenvalue weighted by atomic mass is 10.2. The fourth-order valence-electron chi connectivity index (χ4n) is 1.45. The molecule has 0 atom stereocenters. The van der Waals surface area contributed by atoms with E-state index in [1.165, 1.54) is 4.90 Å². The molecule has 7 heteroatoms. The van der Waals surface area contributed by atoms with Crippen molar-refractivity contribution in [2.24, 2.45) is 0 Å². The van der Waals surface area contributed by atoms with Gasteiger partial charge in [-0.25, -0.2) is 4.79 Å². The van der Waals surface area contributed by atoms with Crippen LogP contribution in [0.1, 0.15) is 20.8 Å². The van der Waals surface area contributed by atoms with Gasteiger partial charge in [-0.15, -0.1) is 0 Å². The predicted octanol–water partition coefficient (Wildman–Crippen LogP) is -0.530. The minimum absolute atomic E-state index is 0.258. The number of amides is 3. The molecule has 0 spiro atoms. The molecule has 1 aliphatic rings. The average molecular weight is 257 g/mol. The maximum atomic E-state index is 11.4. The van der Waals surface area contributed by atoms with Crippen LogP contribution in [0.2, 0.25) is 0 Å². The van der Waals surface area contributed by atoms with Gasteiger partial charge in [-0.1, -0.05) is 0 Å². The smallest absolute Gasteiger partial charge is 0.407 e. The van der Waals surface area contributed by atoms with Gasteiger partial charge in [0.1, 0.15) is 5.60 Å². The zero-order valence-corrected chi connectivity index (χ0v) is 10.9. The molecule has 0 bridgehead atoms. The molecule has 0 aromatic rings. The van der Waals surface area contributed by atoms with Gasteiger partial charge in [0.2, 0.25) is 0 Å². The van der Waals surface area contributed by atoms with Crippen LogP contribution < -0.4 is 10.6 Å². The van der Waals surface area contributed by atoms with E-state index in [4.69, 9.17) is 4.74 Å². The third-order valence-electron chi connectivity index (χ3n) is 2.20. The highest BCUT2D eigenvalue weighted by Gasteiger charge is 2.25. The standard InChI is InChI=1S/C11H19N3O4/c1-11(2,3)18-10(17)13-5-7-14-6-4-12-8(15)9(14)16/h4-7H2,1-3H3,(H,12,15)(H,13,17). The molecule has 0 radical (unpaired) electrons. The van der Waals surface area contributed by atoms with Gasteiger partial charge in [-0.2, -0.15) is 0 Å². The Morgan fingerprint density at radius 1 is 1.44 bits per heavy atom. The van der Waals surface area contributed by atoms with E-state index in [0.29, 0.717) is 19.6 Å². The molecule has 1 rings (SSSR count). The van der Waals surface area contributed by atoms with Crippen LogP contribution in [0, 0.1) is 0 Å². The van der Waals surface area contributed by atoms with Crippen molar-refractivity contribution in [3.05, 3.63) is 0 Å². The highest BCUT2D eigenvalue weighted by atomic mass is 16.6. The number of ether oxygens (including phenoxy) is 1. The van der Waals surface area contributed by atoms with Crippen molar-refractivity contribution in [3.8, 4) is 0 Å². The van der Waals surface area contributed by atoms with Crippen LogP contribution in [-0.4, -0.2) is 54.6 Å². The molecule has 0 saturated carbocycles. The molecule has 102 valence electrons. The summed E-state index contributed by atoms with van der Waals surface area (Å²) in [4.78, 5) is 35.2.